The highest BCUT2D eigenvalue weighted by atomic mass is 19.1. The van der Waals surface area contributed by atoms with Crippen molar-refractivity contribution < 1.29 is 9.50 Å². The number of phenols is 1. The highest BCUT2D eigenvalue weighted by Crippen LogP contribution is 2.43. The SMILES string of the molecule is CN1CCN(Cc2cc(NC3(c4ccccc4F)CCCC3)ccc2O)CC1. The van der Waals surface area contributed by atoms with Crippen LogP contribution in [0.1, 0.15) is 36.8 Å². The van der Waals surface area contributed by atoms with Crippen molar-refractivity contribution >= 4 is 5.69 Å². The molecule has 0 spiro atoms. The van der Waals surface area contributed by atoms with Crippen molar-refractivity contribution in [2.75, 3.05) is 38.5 Å². The Morgan fingerprint density at radius 3 is 2.46 bits per heavy atom. The summed E-state index contributed by atoms with van der Waals surface area (Å²) in [5.74, 6) is 0.184. The fourth-order valence-electron chi connectivity index (χ4n) is 4.60. The van der Waals surface area contributed by atoms with Gasteiger partial charge in [0.1, 0.15) is 11.6 Å². The lowest BCUT2D eigenvalue weighted by Crippen LogP contribution is -2.43. The summed E-state index contributed by atoms with van der Waals surface area (Å²) in [4.78, 5) is 4.70. The van der Waals surface area contributed by atoms with Gasteiger partial charge in [-0.05, 0) is 44.2 Å². The number of hydrogen-bond donors (Lipinski definition) is 2. The number of phenolic OH excluding ortho intramolecular Hbond substituents is 1. The van der Waals surface area contributed by atoms with Gasteiger partial charge in [0.2, 0.25) is 0 Å². The number of halogens is 1. The molecular weight excluding hydrogens is 353 g/mol. The van der Waals surface area contributed by atoms with Crippen LogP contribution in [0, 0.1) is 5.82 Å². The Morgan fingerprint density at radius 1 is 1.04 bits per heavy atom. The van der Waals surface area contributed by atoms with Crippen molar-refractivity contribution in [3.63, 3.8) is 0 Å². The van der Waals surface area contributed by atoms with Crippen molar-refractivity contribution in [2.45, 2.75) is 37.8 Å². The van der Waals surface area contributed by atoms with E-state index < -0.39 is 0 Å². The zero-order valence-electron chi connectivity index (χ0n) is 16.6. The number of aromatic hydroxyl groups is 1. The third-order valence-corrected chi connectivity index (χ3v) is 6.30. The van der Waals surface area contributed by atoms with Crippen LogP contribution in [0.3, 0.4) is 0 Å². The van der Waals surface area contributed by atoms with Gasteiger partial charge in [-0.25, -0.2) is 4.39 Å². The predicted molar refractivity (Wildman–Crippen MR) is 111 cm³/mol. The molecule has 0 unspecified atom stereocenters. The number of piperazine rings is 1. The van der Waals surface area contributed by atoms with Crippen molar-refractivity contribution in [3.8, 4) is 5.75 Å². The molecule has 1 saturated carbocycles. The molecule has 4 rings (SSSR count). The van der Waals surface area contributed by atoms with E-state index in [4.69, 9.17) is 0 Å². The van der Waals surface area contributed by atoms with Gasteiger partial charge in [-0.15, -0.1) is 0 Å². The Kier molecular flexibility index (Phi) is 5.56. The van der Waals surface area contributed by atoms with Gasteiger partial charge in [0.05, 0.1) is 5.54 Å². The second-order valence-electron chi connectivity index (χ2n) is 8.32. The predicted octanol–water partition coefficient (Wildman–Crippen LogP) is 4.16. The van der Waals surface area contributed by atoms with Crippen molar-refractivity contribution in [3.05, 3.63) is 59.4 Å². The van der Waals surface area contributed by atoms with Crippen LogP contribution in [0.2, 0.25) is 0 Å². The molecule has 0 aromatic heterocycles. The van der Waals surface area contributed by atoms with Gasteiger partial charge in [-0.2, -0.15) is 0 Å². The minimum atomic E-state index is -0.368. The third-order valence-electron chi connectivity index (χ3n) is 6.30. The van der Waals surface area contributed by atoms with Crippen LogP contribution in [-0.2, 0) is 12.1 Å². The van der Waals surface area contributed by atoms with Crippen LogP contribution in [-0.4, -0.2) is 48.1 Å². The maximum Gasteiger partial charge on any atom is 0.128 e. The zero-order chi connectivity index (χ0) is 19.6. The maximum absolute atomic E-state index is 14.6. The van der Waals surface area contributed by atoms with Gasteiger partial charge < -0.3 is 15.3 Å². The molecule has 1 aliphatic carbocycles. The number of hydrogen-bond acceptors (Lipinski definition) is 4. The van der Waals surface area contributed by atoms with Gasteiger partial charge in [0, 0.05) is 49.5 Å². The topological polar surface area (TPSA) is 38.7 Å². The molecule has 5 heteroatoms. The number of likely N-dealkylation sites (N-methyl/N-ethyl adjacent to an activating group) is 1. The highest BCUT2D eigenvalue weighted by Gasteiger charge is 2.37. The monoisotopic (exact) mass is 383 g/mol. The van der Waals surface area contributed by atoms with Gasteiger partial charge in [-0.3, -0.25) is 4.90 Å². The van der Waals surface area contributed by atoms with Crippen LogP contribution in [0.4, 0.5) is 10.1 Å². The van der Waals surface area contributed by atoms with E-state index in [2.05, 4.69) is 22.2 Å². The molecule has 2 aliphatic rings. The van der Waals surface area contributed by atoms with Crippen LogP contribution in [0.25, 0.3) is 0 Å². The Morgan fingerprint density at radius 2 is 1.75 bits per heavy atom. The lowest BCUT2D eigenvalue weighted by atomic mass is 9.87. The first-order valence-electron chi connectivity index (χ1n) is 10.3. The number of nitrogens with zero attached hydrogens (tertiary/aromatic N) is 2. The molecule has 0 bridgehead atoms. The number of nitrogens with one attached hydrogen (secondary N) is 1. The molecule has 28 heavy (non-hydrogen) atoms. The van der Waals surface area contributed by atoms with Crippen molar-refractivity contribution in [2.24, 2.45) is 0 Å². The third kappa shape index (κ3) is 4.01. The fraction of sp³-hybridized carbons (Fsp3) is 0.478. The zero-order valence-corrected chi connectivity index (χ0v) is 16.6. The van der Waals surface area contributed by atoms with Crippen LogP contribution in [0.15, 0.2) is 42.5 Å². The van der Waals surface area contributed by atoms with E-state index in [0.29, 0.717) is 5.75 Å². The first-order valence-corrected chi connectivity index (χ1v) is 10.3. The quantitative estimate of drug-likeness (QED) is 0.761. The Labute approximate surface area is 167 Å². The summed E-state index contributed by atoms with van der Waals surface area (Å²) in [6.45, 7) is 4.85. The van der Waals surface area contributed by atoms with Crippen LogP contribution >= 0.6 is 0 Å². The summed E-state index contributed by atoms with van der Waals surface area (Å²) >= 11 is 0. The van der Waals surface area contributed by atoms with E-state index in [1.54, 1.807) is 18.2 Å². The summed E-state index contributed by atoms with van der Waals surface area (Å²) in [5.41, 5.74) is 2.26. The first kappa shape index (κ1) is 19.2. The fourth-order valence-corrected chi connectivity index (χ4v) is 4.60. The maximum atomic E-state index is 14.6. The molecule has 2 fully saturated rings. The molecule has 2 aromatic carbocycles. The molecule has 0 atom stereocenters. The lowest BCUT2D eigenvalue weighted by molar-refractivity contribution is 0.147. The van der Waals surface area contributed by atoms with Gasteiger partial charge in [-0.1, -0.05) is 31.0 Å². The minimum absolute atomic E-state index is 0.145. The van der Waals surface area contributed by atoms with Crippen LogP contribution < -0.4 is 5.32 Å². The van der Waals surface area contributed by atoms with Gasteiger partial charge in [0.25, 0.3) is 0 Å². The van der Waals surface area contributed by atoms with Gasteiger partial charge >= 0.3 is 0 Å². The molecule has 0 amide bonds. The smallest absolute Gasteiger partial charge is 0.128 e. The Hall–Kier alpha value is -2.11. The molecule has 4 nitrogen and oxygen atoms in total. The van der Waals surface area contributed by atoms with E-state index in [-0.39, 0.29) is 11.4 Å². The molecule has 150 valence electrons. The van der Waals surface area contributed by atoms with E-state index in [1.165, 1.54) is 0 Å². The Bertz CT molecular complexity index is 811. The van der Waals surface area contributed by atoms with E-state index in [9.17, 15) is 9.50 Å². The lowest BCUT2D eigenvalue weighted by Gasteiger charge is -2.34. The molecule has 1 saturated heterocycles. The number of anilines is 1. The second-order valence-corrected chi connectivity index (χ2v) is 8.32. The molecule has 2 N–H and O–H groups in total. The number of rotatable bonds is 5. The van der Waals surface area contributed by atoms with E-state index in [0.717, 1.165) is 75.2 Å². The highest BCUT2D eigenvalue weighted by molar-refractivity contribution is 5.54. The van der Waals surface area contributed by atoms with Gasteiger partial charge in [0.15, 0.2) is 0 Å². The number of benzene rings is 2. The Balaban J connectivity index is 1.56. The minimum Gasteiger partial charge on any atom is -0.508 e. The average molecular weight is 384 g/mol. The molecule has 1 heterocycles. The summed E-state index contributed by atoms with van der Waals surface area (Å²) in [6, 6.07) is 12.8. The van der Waals surface area contributed by atoms with E-state index in [1.807, 2.05) is 24.3 Å². The molecule has 0 radical (unpaired) electrons. The summed E-state index contributed by atoms with van der Waals surface area (Å²) in [7, 11) is 2.14. The van der Waals surface area contributed by atoms with E-state index >= 15 is 0 Å². The molecule has 2 aromatic rings. The average Bonchev–Trinajstić information content (AvgIpc) is 3.16. The molecular formula is C23H30FN3O. The first-order chi connectivity index (χ1) is 13.6. The van der Waals surface area contributed by atoms with Crippen molar-refractivity contribution in [1.29, 1.82) is 0 Å². The summed E-state index contributed by atoms with van der Waals surface area (Å²) < 4.78 is 14.6. The standard InChI is InChI=1S/C23H30FN3O/c1-26-12-14-27(15-13-26)17-18-16-19(8-9-22(18)28)25-23(10-4-5-11-23)20-6-2-3-7-21(20)24/h2-3,6-9,16,25,28H,4-5,10-15,17H2,1H3. The van der Waals surface area contributed by atoms with Crippen molar-refractivity contribution in [1.82, 2.24) is 9.80 Å². The summed E-state index contributed by atoms with van der Waals surface area (Å²) in [6.07, 6.45) is 4.02. The normalized spacial score (nSPS) is 20.4. The molecule has 1 aliphatic heterocycles. The van der Waals surface area contributed by atoms with Crippen LogP contribution in [0.5, 0.6) is 5.75 Å². The second kappa shape index (κ2) is 8.10. The largest absolute Gasteiger partial charge is 0.508 e. The summed E-state index contributed by atoms with van der Waals surface area (Å²) in [5, 5.41) is 14.0.